The standard InChI is InChI=1S/C19H22ClNO4/c1-5-17(25-14-6-8-15(20)12(2)10-14)19(22)21-16-9-7-13(23-3)11-18(16)24-4/h6-11,17H,5H2,1-4H3,(H,21,22). The maximum Gasteiger partial charge on any atom is 0.265 e. The predicted molar refractivity (Wildman–Crippen MR) is 99.1 cm³/mol. The van der Waals surface area contributed by atoms with Crippen molar-refractivity contribution in [3.8, 4) is 17.2 Å². The van der Waals surface area contributed by atoms with E-state index in [-0.39, 0.29) is 5.91 Å². The van der Waals surface area contributed by atoms with Gasteiger partial charge in [0.25, 0.3) is 5.91 Å². The Kier molecular flexibility index (Phi) is 6.53. The highest BCUT2D eigenvalue weighted by atomic mass is 35.5. The largest absolute Gasteiger partial charge is 0.497 e. The van der Waals surface area contributed by atoms with Crippen molar-refractivity contribution in [2.45, 2.75) is 26.4 Å². The number of hydrogen-bond donors (Lipinski definition) is 1. The van der Waals surface area contributed by atoms with Crippen LogP contribution in [0.5, 0.6) is 17.2 Å². The van der Waals surface area contributed by atoms with Gasteiger partial charge in [-0.2, -0.15) is 0 Å². The van der Waals surface area contributed by atoms with E-state index in [9.17, 15) is 4.79 Å². The van der Waals surface area contributed by atoms with Crippen molar-refractivity contribution in [3.05, 3.63) is 47.0 Å². The van der Waals surface area contributed by atoms with Gasteiger partial charge in [0.2, 0.25) is 0 Å². The van der Waals surface area contributed by atoms with Crippen LogP contribution in [0.1, 0.15) is 18.9 Å². The molecule has 1 atom stereocenters. The van der Waals surface area contributed by atoms with E-state index in [1.807, 2.05) is 19.9 Å². The van der Waals surface area contributed by atoms with Gasteiger partial charge < -0.3 is 19.5 Å². The topological polar surface area (TPSA) is 56.8 Å². The Labute approximate surface area is 152 Å². The van der Waals surface area contributed by atoms with E-state index in [4.69, 9.17) is 25.8 Å². The van der Waals surface area contributed by atoms with E-state index < -0.39 is 6.10 Å². The Morgan fingerprint density at radius 1 is 1.12 bits per heavy atom. The minimum absolute atomic E-state index is 0.251. The summed E-state index contributed by atoms with van der Waals surface area (Å²) in [4.78, 5) is 12.6. The van der Waals surface area contributed by atoms with Crippen LogP contribution in [0.3, 0.4) is 0 Å². The molecular formula is C19H22ClNO4. The van der Waals surface area contributed by atoms with Crippen molar-refractivity contribution in [3.63, 3.8) is 0 Å². The second-order valence-corrected chi connectivity index (χ2v) is 5.89. The van der Waals surface area contributed by atoms with Crippen LogP contribution in [0.15, 0.2) is 36.4 Å². The van der Waals surface area contributed by atoms with Crippen LogP contribution in [0.25, 0.3) is 0 Å². The lowest BCUT2D eigenvalue weighted by Gasteiger charge is -2.19. The predicted octanol–water partition coefficient (Wildman–Crippen LogP) is 4.46. The zero-order valence-electron chi connectivity index (χ0n) is 14.8. The third-order valence-corrected chi connectivity index (χ3v) is 4.16. The van der Waals surface area contributed by atoms with Gasteiger partial charge in [0.05, 0.1) is 19.9 Å². The van der Waals surface area contributed by atoms with Crippen LogP contribution in [-0.2, 0) is 4.79 Å². The number of ether oxygens (including phenoxy) is 3. The molecule has 0 aliphatic carbocycles. The Morgan fingerprint density at radius 2 is 1.84 bits per heavy atom. The summed E-state index contributed by atoms with van der Waals surface area (Å²) >= 11 is 6.02. The van der Waals surface area contributed by atoms with Gasteiger partial charge in [0, 0.05) is 11.1 Å². The quantitative estimate of drug-likeness (QED) is 0.789. The van der Waals surface area contributed by atoms with Gasteiger partial charge in [0.1, 0.15) is 17.2 Å². The molecule has 25 heavy (non-hydrogen) atoms. The maximum absolute atomic E-state index is 12.6. The van der Waals surface area contributed by atoms with E-state index in [1.54, 1.807) is 37.4 Å². The number of hydrogen-bond acceptors (Lipinski definition) is 4. The summed E-state index contributed by atoms with van der Waals surface area (Å²) in [5, 5.41) is 3.50. The molecule has 1 amide bonds. The molecule has 0 bridgehead atoms. The lowest BCUT2D eigenvalue weighted by molar-refractivity contribution is -0.122. The molecule has 0 fully saturated rings. The number of benzene rings is 2. The summed E-state index contributed by atoms with van der Waals surface area (Å²) in [5.74, 6) is 1.52. The molecule has 0 aliphatic rings. The number of aryl methyl sites for hydroxylation is 1. The molecule has 134 valence electrons. The summed E-state index contributed by atoms with van der Waals surface area (Å²) in [6.07, 6.45) is -0.112. The third-order valence-electron chi connectivity index (χ3n) is 3.74. The van der Waals surface area contributed by atoms with Crippen LogP contribution in [-0.4, -0.2) is 26.2 Å². The molecule has 5 nitrogen and oxygen atoms in total. The molecule has 1 unspecified atom stereocenters. The molecule has 0 spiro atoms. The first-order valence-electron chi connectivity index (χ1n) is 7.94. The molecule has 2 aromatic rings. The number of rotatable bonds is 7. The van der Waals surface area contributed by atoms with E-state index in [0.717, 1.165) is 5.56 Å². The molecule has 0 aliphatic heterocycles. The normalized spacial score (nSPS) is 11.6. The minimum Gasteiger partial charge on any atom is -0.497 e. The summed E-state index contributed by atoms with van der Waals surface area (Å²) in [6.45, 7) is 3.77. The second kappa shape index (κ2) is 8.62. The van der Waals surface area contributed by atoms with Gasteiger partial charge in [-0.3, -0.25) is 4.79 Å². The van der Waals surface area contributed by atoms with Crippen LogP contribution in [0.2, 0.25) is 5.02 Å². The molecule has 2 aromatic carbocycles. The molecule has 0 aromatic heterocycles. The minimum atomic E-state index is -0.632. The Balaban J connectivity index is 2.13. The van der Waals surface area contributed by atoms with Crippen molar-refractivity contribution < 1.29 is 19.0 Å². The number of carbonyl (C=O) groups is 1. The van der Waals surface area contributed by atoms with Crippen molar-refractivity contribution in [2.24, 2.45) is 0 Å². The van der Waals surface area contributed by atoms with Gasteiger partial charge in [0.15, 0.2) is 6.10 Å². The monoisotopic (exact) mass is 363 g/mol. The molecule has 0 saturated carbocycles. The first-order chi connectivity index (χ1) is 12.0. The van der Waals surface area contributed by atoms with Crippen molar-refractivity contribution in [1.29, 1.82) is 0 Å². The number of carbonyl (C=O) groups excluding carboxylic acids is 1. The van der Waals surface area contributed by atoms with E-state index in [1.165, 1.54) is 7.11 Å². The van der Waals surface area contributed by atoms with Gasteiger partial charge >= 0.3 is 0 Å². The SMILES string of the molecule is CCC(Oc1ccc(Cl)c(C)c1)C(=O)Nc1ccc(OC)cc1OC. The molecule has 0 radical (unpaired) electrons. The van der Waals surface area contributed by atoms with E-state index in [2.05, 4.69) is 5.32 Å². The highest BCUT2D eigenvalue weighted by Crippen LogP contribution is 2.29. The van der Waals surface area contributed by atoms with Crippen LogP contribution < -0.4 is 19.5 Å². The average Bonchev–Trinajstić information content (AvgIpc) is 2.62. The second-order valence-electron chi connectivity index (χ2n) is 5.48. The zero-order chi connectivity index (χ0) is 18.4. The summed E-state index contributed by atoms with van der Waals surface area (Å²) in [6, 6.07) is 10.5. The van der Waals surface area contributed by atoms with Crippen LogP contribution in [0, 0.1) is 6.92 Å². The van der Waals surface area contributed by atoms with Crippen molar-refractivity contribution in [2.75, 3.05) is 19.5 Å². The van der Waals surface area contributed by atoms with Crippen molar-refractivity contribution in [1.82, 2.24) is 0 Å². The van der Waals surface area contributed by atoms with E-state index >= 15 is 0 Å². The lowest BCUT2D eigenvalue weighted by atomic mass is 10.2. The number of methoxy groups -OCH3 is 2. The smallest absolute Gasteiger partial charge is 0.265 e. The van der Waals surface area contributed by atoms with Crippen molar-refractivity contribution >= 4 is 23.2 Å². The third kappa shape index (κ3) is 4.79. The Hall–Kier alpha value is -2.40. The van der Waals surface area contributed by atoms with Gasteiger partial charge in [-0.1, -0.05) is 18.5 Å². The van der Waals surface area contributed by atoms with Gasteiger partial charge in [-0.15, -0.1) is 0 Å². The fourth-order valence-electron chi connectivity index (χ4n) is 2.29. The molecule has 0 heterocycles. The van der Waals surface area contributed by atoms with E-state index in [0.29, 0.717) is 34.4 Å². The molecule has 1 N–H and O–H groups in total. The first kappa shape index (κ1) is 18.9. The lowest BCUT2D eigenvalue weighted by Crippen LogP contribution is -2.32. The average molecular weight is 364 g/mol. The number of amides is 1. The Bertz CT molecular complexity index is 748. The fraction of sp³-hybridized carbons (Fsp3) is 0.316. The molecule has 6 heteroatoms. The van der Waals surface area contributed by atoms with Gasteiger partial charge in [-0.25, -0.2) is 0 Å². The summed E-state index contributed by atoms with van der Waals surface area (Å²) in [5.41, 5.74) is 1.45. The Morgan fingerprint density at radius 3 is 2.44 bits per heavy atom. The van der Waals surface area contributed by atoms with Crippen LogP contribution >= 0.6 is 11.6 Å². The number of nitrogens with one attached hydrogen (secondary N) is 1. The highest BCUT2D eigenvalue weighted by molar-refractivity contribution is 6.31. The maximum atomic E-state index is 12.6. The summed E-state index contributed by atoms with van der Waals surface area (Å²) < 4.78 is 16.3. The van der Waals surface area contributed by atoms with Crippen LogP contribution in [0.4, 0.5) is 5.69 Å². The fourth-order valence-corrected chi connectivity index (χ4v) is 2.41. The highest BCUT2D eigenvalue weighted by Gasteiger charge is 2.20. The number of halogens is 1. The first-order valence-corrected chi connectivity index (χ1v) is 8.32. The molecular weight excluding hydrogens is 342 g/mol. The molecule has 2 rings (SSSR count). The zero-order valence-corrected chi connectivity index (χ0v) is 15.5. The molecule has 0 saturated heterocycles. The number of anilines is 1. The van der Waals surface area contributed by atoms with Gasteiger partial charge in [-0.05, 0) is 49.2 Å². The summed E-state index contributed by atoms with van der Waals surface area (Å²) in [7, 11) is 3.11.